The summed E-state index contributed by atoms with van der Waals surface area (Å²) in [6, 6.07) is 11.0. The molecule has 1 aromatic carbocycles. The van der Waals surface area contributed by atoms with Crippen molar-refractivity contribution in [1.82, 2.24) is 10.6 Å². The molecule has 2 atom stereocenters. The lowest BCUT2D eigenvalue weighted by Crippen LogP contribution is -2.64. The van der Waals surface area contributed by atoms with Crippen molar-refractivity contribution < 1.29 is 14.3 Å². The van der Waals surface area contributed by atoms with Crippen LogP contribution in [0.2, 0.25) is 0 Å². The van der Waals surface area contributed by atoms with Crippen molar-refractivity contribution in [2.24, 2.45) is 0 Å². The van der Waals surface area contributed by atoms with Gasteiger partial charge < -0.3 is 20.1 Å². The first-order chi connectivity index (χ1) is 12.3. The molecule has 5 heteroatoms. The molecule has 2 heterocycles. The molecule has 2 N–H and O–H groups in total. The van der Waals surface area contributed by atoms with Crippen LogP contribution in [-0.2, 0) is 9.47 Å². The zero-order chi connectivity index (χ0) is 17.1. The number of benzene rings is 1. The van der Waals surface area contributed by atoms with Crippen LogP contribution >= 0.6 is 0 Å². The Morgan fingerprint density at radius 3 is 2.68 bits per heavy atom. The Labute approximate surface area is 149 Å². The van der Waals surface area contributed by atoms with Gasteiger partial charge >= 0.3 is 6.09 Å². The first-order valence-corrected chi connectivity index (χ1v) is 9.60. The molecule has 1 spiro atoms. The van der Waals surface area contributed by atoms with Crippen LogP contribution in [0.3, 0.4) is 0 Å². The third-order valence-corrected chi connectivity index (χ3v) is 6.11. The standard InChI is InChI=1S/C20H28N2O3/c23-19-22-20(14-25-19)11-4-12-21-18(20)13-24-17-9-7-16(8-10-17)15-5-2-1-3-6-15/h1-3,5-6,16-18,21H,4,7-14H2,(H,22,23)/t16-,17+,18?,20?. The van der Waals surface area contributed by atoms with Crippen molar-refractivity contribution in [2.75, 3.05) is 19.8 Å². The van der Waals surface area contributed by atoms with Gasteiger partial charge in [0.05, 0.1) is 24.3 Å². The highest BCUT2D eigenvalue weighted by Crippen LogP contribution is 2.34. The van der Waals surface area contributed by atoms with E-state index in [9.17, 15) is 4.79 Å². The second-order valence-electron chi connectivity index (χ2n) is 7.69. The first-order valence-electron chi connectivity index (χ1n) is 9.60. The maximum absolute atomic E-state index is 11.5. The summed E-state index contributed by atoms with van der Waals surface area (Å²) in [6.07, 6.45) is 6.67. The Hall–Kier alpha value is -1.59. The highest BCUT2D eigenvalue weighted by molar-refractivity contribution is 5.71. The fourth-order valence-electron chi connectivity index (χ4n) is 4.58. The molecule has 3 fully saturated rings. The number of carbonyl (C=O) groups is 1. The average molecular weight is 344 g/mol. The Morgan fingerprint density at radius 1 is 1.16 bits per heavy atom. The largest absolute Gasteiger partial charge is 0.447 e. The van der Waals surface area contributed by atoms with Crippen LogP contribution < -0.4 is 10.6 Å². The average Bonchev–Trinajstić information content (AvgIpc) is 3.03. The number of hydrogen-bond donors (Lipinski definition) is 2. The summed E-state index contributed by atoms with van der Waals surface area (Å²) in [4.78, 5) is 11.5. The van der Waals surface area contributed by atoms with Crippen LogP contribution in [0.5, 0.6) is 0 Å². The van der Waals surface area contributed by atoms with Gasteiger partial charge in [-0.3, -0.25) is 0 Å². The highest BCUT2D eigenvalue weighted by Gasteiger charge is 2.47. The molecule has 2 saturated heterocycles. The van der Waals surface area contributed by atoms with E-state index in [0.717, 1.165) is 32.2 Å². The van der Waals surface area contributed by atoms with Crippen LogP contribution in [0.25, 0.3) is 0 Å². The fourth-order valence-corrected chi connectivity index (χ4v) is 4.58. The Bertz CT molecular complexity index is 586. The molecule has 136 valence electrons. The Balaban J connectivity index is 1.28. The minimum atomic E-state index is -0.294. The number of carbonyl (C=O) groups excluding carboxylic acids is 1. The van der Waals surface area contributed by atoms with Crippen molar-refractivity contribution in [3.63, 3.8) is 0 Å². The van der Waals surface area contributed by atoms with Gasteiger partial charge in [0.2, 0.25) is 0 Å². The summed E-state index contributed by atoms with van der Waals surface area (Å²) in [6.45, 7) is 2.07. The van der Waals surface area contributed by atoms with E-state index >= 15 is 0 Å². The van der Waals surface area contributed by atoms with Gasteiger partial charge in [-0.25, -0.2) is 4.79 Å². The highest BCUT2D eigenvalue weighted by atomic mass is 16.6. The summed E-state index contributed by atoms with van der Waals surface area (Å²) >= 11 is 0. The first kappa shape index (κ1) is 16.9. The molecule has 3 aliphatic rings. The van der Waals surface area contributed by atoms with Gasteiger partial charge in [-0.2, -0.15) is 0 Å². The number of ether oxygens (including phenoxy) is 2. The lowest BCUT2D eigenvalue weighted by atomic mass is 9.82. The van der Waals surface area contributed by atoms with E-state index < -0.39 is 0 Å². The van der Waals surface area contributed by atoms with Gasteiger partial charge in [0, 0.05) is 0 Å². The van der Waals surface area contributed by atoms with Gasteiger partial charge in [-0.15, -0.1) is 0 Å². The molecule has 25 heavy (non-hydrogen) atoms. The fraction of sp³-hybridized carbons (Fsp3) is 0.650. The van der Waals surface area contributed by atoms with Gasteiger partial charge in [-0.1, -0.05) is 30.3 Å². The van der Waals surface area contributed by atoms with E-state index in [1.807, 2.05) is 0 Å². The third-order valence-electron chi connectivity index (χ3n) is 6.11. The monoisotopic (exact) mass is 344 g/mol. The summed E-state index contributed by atoms with van der Waals surface area (Å²) in [5, 5.41) is 6.56. The second-order valence-corrected chi connectivity index (χ2v) is 7.69. The molecule has 5 nitrogen and oxygen atoms in total. The molecule has 2 aliphatic heterocycles. The smallest absolute Gasteiger partial charge is 0.407 e. The number of piperidine rings is 1. The van der Waals surface area contributed by atoms with Gasteiger partial charge in [0.15, 0.2) is 0 Å². The third kappa shape index (κ3) is 3.67. The summed E-state index contributed by atoms with van der Waals surface area (Å²) in [5.74, 6) is 0.669. The topological polar surface area (TPSA) is 59.6 Å². The number of amides is 1. The molecule has 1 aromatic rings. The number of cyclic esters (lactones) is 1. The molecule has 2 unspecified atom stereocenters. The molecule has 4 rings (SSSR count). The van der Waals surface area contributed by atoms with Crippen LogP contribution in [0.15, 0.2) is 30.3 Å². The molecular formula is C20H28N2O3. The van der Waals surface area contributed by atoms with Crippen LogP contribution in [-0.4, -0.2) is 43.5 Å². The number of nitrogens with one attached hydrogen (secondary N) is 2. The SMILES string of the molecule is O=C1NC2(CCCNC2CO[C@H]2CC[C@@H](c3ccccc3)CC2)CO1. The molecular weight excluding hydrogens is 316 g/mol. The van der Waals surface area contributed by atoms with Gasteiger partial charge in [0.1, 0.15) is 6.61 Å². The van der Waals surface area contributed by atoms with Crippen molar-refractivity contribution in [3.8, 4) is 0 Å². The summed E-state index contributed by atoms with van der Waals surface area (Å²) in [7, 11) is 0. The minimum absolute atomic E-state index is 0.138. The molecule has 0 radical (unpaired) electrons. The predicted molar refractivity (Wildman–Crippen MR) is 95.6 cm³/mol. The maximum Gasteiger partial charge on any atom is 0.407 e. The van der Waals surface area contributed by atoms with Crippen LogP contribution in [0.1, 0.15) is 50.0 Å². The Kier molecular flexibility index (Phi) is 4.95. The van der Waals surface area contributed by atoms with Crippen molar-refractivity contribution in [2.45, 2.75) is 62.1 Å². The quantitative estimate of drug-likeness (QED) is 0.882. The Morgan fingerprint density at radius 2 is 1.96 bits per heavy atom. The summed E-state index contributed by atoms with van der Waals surface area (Å²) < 4.78 is 11.4. The van der Waals surface area contributed by atoms with Crippen LogP contribution in [0.4, 0.5) is 4.79 Å². The zero-order valence-electron chi connectivity index (χ0n) is 14.7. The van der Waals surface area contributed by atoms with Gasteiger partial charge in [-0.05, 0) is 56.6 Å². The van der Waals surface area contributed by atoms with E-state index in [1.165, 1.54) is 18.4 Å². The van der Waals surface area contributed by atoms with E-state index in [4.69, 9.17) is 9.47 Å². The van der Waals surface area contributed by atoms with Crippen molar-refractivity contribution in [1.29, 1.82) is 0 Å². The lowest BCUT2D eigenvalue weighted by molar-refractivity contribution is -0.00902. The molecule has 0 aromatic heterocycles. The number of hydrogen-bond acceptors (Lipinski definition) is 4. The molecule has 1 saturated carbocycles. The van der Waals surface area contributed by atoms with E-state index in [2.05, 4.69) is 41.0 Å². The summed E-state index contributed by atoms with van der Waals surface area (Å²) in [5.41, 5.74) is 1.18. The van der Waals surface area contributed by atoms with E-state index in [0.29, 0.717) is 25.2 Å². The van der Waals surface area contributed by atoms with Crippen molar-refractivity contribution in [3.05, 3.63) is 35.9 Å². The number of rotatable bonds is 4. The number of alkyl carbamates (subject to hydrolysis) is 1. The van der Waals surface area contributed by atoms with Gasteiger partial charge in [0.25, 0.3) is 0 Å². The maximum atomic E-state index is 11.5. The van der Waals surface area contributed by atoms with Crippen molar-refractivity contribution >= 4 is 6.09 Å². The molecule has 1 amide bonds. The minimum Gasteiger partial charge on any atom is -0.447 e. The zero-order valence-corrected chi connectivity index (χ0v) is 14.7. The lowest BCUT2D eigenvalue weighted by Gasteiger charge is -2.40. The molecule has 1 aliphatic carbocycles. The predicted octanol–water partition coefficient (Wildman–Crippen LogP) is 2.96. The van der Waals surface area contributed by atoms with Crippen LogP contribution in [0, 0.1) is 0 Å². The molecule has 0 bridgehead atoms. The normalized spacial score (nSPS) is 35.4. The van der Waals surface area contributed by atoms with E-state index in [1.54, 1.807) is 0 Å². The second kappa shape index (κ2) is 7.34. The van der Waals surface area contributed by atoms with E-state index in [-0.39, 0.29) is 17.7 Å².